The van der Waals surface area contributed by atoms with Crippen molar-refractivity contribution in [1.29, 1.82) is 0 Å². The molecule has 0 aromatic carbocycles. The van der Waals surface area contributed by atoms with Gasteiger partial charge in [-0.1, -0.05) is 93.4 Å². The van der Waals surface area contributed by atoms with Crippen molar-refractivity contribution >= 4 is 16.6 Å². The fourth-order valence-electron chi connectivity index (χ4n) is 3.92. The molecule has 0 amide bonds. The molecule has 0 spiro atoms. The van der Waals surface area contributed by atoms with Crippen molar-refractivity contribution in [2.75, 3.05) is 13.2 Å². The standard InChI is InChI=1S/C29H64O4Si2/c1-12-13-14-17-21-29(31,23-20-26(25-30)33-35(10,11)28(5,6)7)22-18-15-16-19-24-32-34(8,9)27(2,3)4/h26,30-31H,12-25H2,1-11H3. The van der Waals surface area contributed by atoms with Crippen LogP contribution in [0.1, 0.15) is 126 Å². The summed E-state index contributed by atoms with van der Waals surface area (Å²) in [5.41, 5.74) is -0.643. The smallest absolute Gasteiger partial charge is 0.192 e. The summed E-state index contributed by atoms with van der Waals surface area (Å²) in [4.78, 5) is 0. The van der Waals surface area contributed by atoms with Crippen LogP contribution in [0.5, 0.6) is 0 Å². The third-order valence-corrected chi connectivity index (χ3v) is 17.8. The molecule has 4 nitrogen and oxygen atoms in total. The SMILES string of the molecule is CCCCCCC(O)(CCCCCCO[Si](C)(C)C(C)(C)C)CCC(CO)O[Si](C)(C)C(C)(C)C. The quantitative estimate of drug-likeness (QED) is 0.129. The molecule has 0 aromatic heterocycles. The summed E-state index contributed by atoms with van der Waals surface area (Å²) < 4.78 is 12.8. The maximum atomic E-state index is 11.6. The number of unbranched alkanes of at least 4 members (excludes halogenated alkanes) is 6. The summed E-state index contributed by atoms with van der Waals surface area (Å²) in [7, 11) is -3.59. The molecule has 0 rings (SSSR count). The van der Waals surface area contributed by atoms with Gasteiger partial charge in [0.15, 0.2) is 16.6 Å². The van der Waals surface area contributed by atoms with Gasteiger partial charge in [-0.3, -0.25) is 0 Å². The zero-order valence-corrected chi connectivity index (χ0v) is 27.7. The Hall–Kier alpha value is 0.274. The van der Waals surface area contributed by atoms with Gasteiger partial charge >= 0.3 is 0 Å². The Balaban J connectivity index is 4.72. The zero-order chi connectivity index (χ0) is 27.4. The lowest BCUT2D eigenvalue weighted by molar-refractivity contribution is -0.00818. The third-order valence-electron chi connectivity index (χ3n) is 8.70. The third kappa shape index (κ3) is 14.1. The molecule has 0 aromatic rings. The Kier molecular flexibility index (Phi) is 15.8. The lowest BCUT2D eigenvalue weighted by atomic mass is 9.85. The van der Waals surface area contributed by atoms with Gasteiger partial charge < -0.3 is 19.1 Å². The second-order valence-corrected chi connectivity index (χ2v) is 23.6. The minimum Gasteiger partial charge on any atom is -0.417 e. The van der Waals surface area contributed by atoms with E-state index in [1.165, 1.54) is 19.3 Å². The predicted molar refractivity (Wildman–Crippen MR) is 158 cm³/mol. The molecule has 0 heterocycles. The molecular weight excluding hydrogens is 468 g/mol. The molecular formula is C29H64O4Si2. The molecule has 212 valence electrons. The van der Waals surface area contributed by atoms with Gasteiger partial charge in [0, 0.05) is 6.61 Å². The molecule has 0 saturated heterocycles. The van der Waals surface area contributed by atoms with Crippen molar-refractivity contribution in [2.45, 2.75) is 173 Å². The van der Waals surface area contributed by atoms with Crippen LogP contribution < -0.4 is 0 Å². The molecule has 0 aliphatic heterocycles. The van der Waals surface area contributed by atoms with Crippen LogP contribution in [0.3, 0.4) is 0 Å². The van der Waals surface area contributed by atoms with Gasteiger partial charge in [-0.15, -0.1) is 0 Å². The number of aliphatic hydroxyl groups is 2. The lowest BCUT2D eigenvalue weighted by Gasteiger charge is -2.39. The Morgan fingerprint density at radius 1 is 0.686 bits per heavy atom. The highest BCUT2D eigenvalue weighted by Gasteiger charge is 2.40. The molecule has 0 bridgehead atoms. The van der Waals surface area contributed by atoms with E-state index in [-0.39, 0.29) is 22.8 Å². The fourth-order valence-corrected chi connectivity index (χ4v) is 6.39. The summed E-state index contributed by atoms with van der Waals surface area (Å²) in [5, 5.41) is 22.0. The Morgan fingerprint density at radius 3 is 1.63 bits per heavy atom. The minimum atomic E-state index is -1.94. The summed E-state index contributed by atoms with van der Waals surface area (Å²) in [5.74, 6) is 0. The fraction of sp³-hybridized carbons (Fsp3) is 1.00. The molecule has 6 heteroatoms. The second-order valence-electron chi connectivity index (χ2n) is 14.0. The predicted octanol–water partition coefficient (Wildman–Crippen LogP) is 8.82. The van der Waals surface area contributed by atoms with E-state index >= 15 is 0 Å². The van der Waals surface area contributed by atoms with Crippen LogP contribution in [0.4, 0.5) is 0 Å². The van der Waals surface area contributed by atoms with Gasteiger partial charge in [0.25, 0.3) is 0 Å². The monoisotopic (exact) mass is 532 g/mol. The summed E-state index contributed by atoms with van der Waals surface area (Å²) in [6, 6.07) is 0. The van der Waals surface area contributed by atoms with Crippen LogP contribution in [-0.2, 0) is 8.85 Å². The molecule has 35 heavy (non-hydrogen) atoms. The summed E-state index contributed by atoms with van der Waals surface area (Å²) in [6.45, 7) is 25.8. The van der Waals surface area contributed by atoms with Crippen LogP contribution >= 0.6 is 0 Å². The highest BCUT2D eigenvalue weighted by molar-refractivity contribution is 6.74. The van der Waals surface area contributed by atoms with Crippen LogP contribution in [0.15, 0.2) is 0 Å². The zero-order valence-electron chi connectivity index (χ0n) is 25.7. The van der Waals surface area contributed by atoms with E-state index < -0.39 is 22.2 Å². The molecule has 2 unspecified atom stereocenters. The van der Waals surface area contributed by atoms with Gasteiger partial charge in [-0.25, -0.2) is 0 Å². The largest absolute Gasteiger partial charge is 0.417 e. The van der Waals surface area contributed by atoms with E-state index in [2.05, 4.69) is 74.7 Å². The van der Waals surface area contributed by atoms with E-state index in [0.717, 1.165) is 58.0 Å². The van der Waals surface area contributed by atoms with Gasteiger partial charge in [0.2, 0.25) is 0 Å². The molecule has 0 aliphatic carbocycles. The van der Waals surface area contributed by atoms with Gasteiger partial charge in [0.05, 0.1) is 18.3 Å². The first-order valence-electron chi connectivity index (χ1n) is 14.6. The van der Waals surface area contributed by atoms with Crippen molar-refractivity contribution in [3.63, 3.8) is 0 Å². The number of aliphatic hydroxyl groups excluding tert-OH is 1. The first kappa shape index (κ1) is 35.3. The Bertz CT molecular complexity index is 552. The summed E-state index contributed by atoms with van der Waals surface area (Å²) in [6.07, 6.45) is 12.2. The van der Waals surface area contributed by atoms with Crippen LogP contribution in [0.2, 0.25) is 36.3 Å². The van der Waals surface area contributed by atoms with Crippen molar-refractivity contribution in [3.8, 4) is 0 Å². The summed E-state index contributed by atoms with van der Waals surface area (Å²) >= 11 is 0. The number of hydrogen-bond acceptors (Lipinski definition) is 4. The maximum Gasteiger partial charge on any atom is 0.192 e. The van der Waals surface area contributed by atoms with Crippen molar-refractivity contribution in [1.82, 2.24) is 0 Å². The van der Waals surface area contributed by atoms with Crippen LogP contribution in [0.25, 0.3) is 0 Å². The Labute approximate surface area is 222 Å². The van der Waals surface area contributed by atoms with E-state index in [1.54, 1.807) is 0 Å². The van der Waals surface area contributed by atoms with Crippen LogP contribution in [0, 0.1) is 0 Å². The molecule has 2 N–H and O–H groups in total. The van der Waals surface area contributed by atoms with Gasteiger partial charge in [-0.2, -0.15) is 0 Å². The molecule has 0 aliphatic rings. The van der Waals surface area contributed by atoms with Crippen molar-refractivity contribution < 1.29 is 19.1 Å². The average Bonchev–Trinajstić information content (AvgIpc) is 2.72. The molecule has 0 fully saturated rings. The Morgan fingerprint density at radius 2 is 1.17 bits per heavy atom. The van der Waals surface area contributed by atoms with Crippen molar-refractivity contribution in [3.05, 3.63) is 0 Å². The molecule has 0 radical (unpaired) electrons. The van der Waals surface area contributed by atoms with E-state index in [0.29, 0.717) is 6.42 Å². The van der Waals surface area contributed by atoms with Crippen molar-refractivity contribution in [2.24, 2.45) is 0 Å². The highest BCUT2D eigenvalue weighted by Crippen LogP contribution is 2.39. The number of rotatable bonds is 19. The highest BCUT2D eigenvalue weighted by atomic mass is 28.4. The topological polar surface area (TPSA) is 58.9 Å². The van der Waals surface area contributed by atoms with E-state index in [4.69, 9.17) is 8.85 Å². The van der Waals surface area contributed by atoms with Gasteiger partial charge in [0.1, 0.15) is 0 Å². The van der Waals surface area contributed by atoms with E-state index in [9.17, 15) is 10.2 Å². The average molecular weight is 533 g/mol. The first-order chi connectivity index (χ1) is 15.9. The number of hydrogen-bond donors (Lipinski definition) is 2. The molecule has 2 atom stereocenters. The lowest BCUT2D eigenvalue weighted by Crippen LogP contribution is -2.45. The second kappa shape index (κ2) is 15.6. The minimum absolute atomic E-state index is 0.0344. The molecule has 0 saturated carbocycles. The van der Waals surface area contributed by atoms with E-state index in [1.807, 2.05) is 0 Å². The maximum absolute atomic E-state index is 11.6. The first-order valence-corrected chi connectivity index (χ1v) is 20.4. The van der Waals surface area contributed by atoms with Gasteiger partial charge in [-0.05, 0) is 68.4 Å². The normalized spacial score (nSPS) is 16.4. The van der Waals surface area contributed by atoms with Crippen LogP contribution in [-0.4, -0.2) is 51.8 Å².